The molecule has 1 unspecified atom stereocenters. The Balaban J connectivity index is 1.53. The zero-order valence-electron chi connectivity index (χ0n) is 20.2. The van der Waals surface area contributed by atoms with Gasteiger partial charge in [0.2, 0.25) is 5.91 Å². The van der Waals surface area contributed by atoms with Gasteiger partial charge in [0.05, 0.1) is 6.04 Å². The average molecular weight is 450 g/mol. The van der Waals surface area contributed by atoms with Gasteiger partial charge in [0, 0.05) is 37.2 Å². The number of carbonyl (C=O) groups is 2. The van der Waals surface area contributed by atoms with Gasteiger partial charge in [0.15, 0.2) is 5.82 Å². The fraction of sp³-hybridized carbons (Fsp3) is 0.538. The summed E-state index contributed by atoms with van der Waals surface area (Å²) in [5.41, 5.74) is 3.75. The number of benzene rings is 1. The first kappa shape index (κ1) is 23.2. The highest BCUT2D eigenvalue weighted by atomic mass is 16.2. The van der Waals surface area contributed by atoms with Crippen LogP contribution in [0.3, 0.4) is 0 Å². The second-order valence-corrected chi connectivity index (χ2v) is 9.82. The van der Waals surface area contributed by atoms with E-state index in [1.54, 1.807) is 0 Å². The van der Waals surface area contributed by atoms with Gasteiger partial charge < -0.3 is 14.8 Å². The molecule has 0 radical (unpaired) electrons. The van der Waals surface area contributed by atoms with Gasteiger partial charge in [-0.3, -0.25) is 9.59 Å². The zero-order valence-corrected chi connectivity index (χ0v) is 20.2. The molecule has 176 valence electrons. The molecular formula is C26H35N5O2. The summed E-state index contributed by atoms with van der Waals surface area (Å²) < 4.78 is 2.12. The molecular weight excluding hydrogens is 414 g/mol. The Morgan fingerprint density at radius 3 is 2.45 bits per heavy atom. The largest absolute Gasteiger partial charge is 0.342 e. The van der Waals surface area contributed by atoms with Gasteiger partial charge in [-0.15, -0.1) is 10.2 Å². The van der Waals surface area contributed by atoms with E-state index in [-0.39, 0.29) is 17.9 Å². The Kier molecular flexibility index (Phi) is 6.96. The van der Waals surface area contributed by atoms with E-state index in [4.69, 9.17) is 0 Å². The van der Waals surface area contributed by atoms with E-state index in [1.807, 2.05) is 30.9 Å². The number of fused-ring (bicyclic) bond motifs is 1. The van der Waals surface area contributed by atoms with Gasteiger partial charge in [-0.25, -0.2) is 0 Å². The van der Waals surface area contributed by atoms with E-state index in [9.17, 15) is 9.59 Å². The Morgan fingerprint density at radius 2 is 1.79 bits per heavy atom. The Bertz CT molecular complexity index is 1050. The maximum atomic E-state index is 13.1. The zero-order chi connectivity index (χ0) is 23.5. The number of nitrogens with zero attached hydrogens (tertiary/aromatic N) is 4. The highest BCUT2D eigenvalue weighted by Gasteiger charge is 2.28. The molecule has 2 aliphatic rings. The molecule has 1 aliphatic heterocycles. The number of hydrogen-bond acceptors (Lipinski definition) is 4. The predicted molar refractivity (Wildman–Crippen MR) is 128 cm³/mol. The van der Waals surface area contributed by atoms with Gasteiger partial charge >= 0.3 is 0 Å². The minimum Gasteiger partial charge on any atom is -0.342 e. The molecule has 1 atom stereocenters. The van der Waals surface area contributed by atoms with Crippen LogP contribution in [-0.2, 0) is 17.8 Å². The third-order valence-corrected chi connectivity index (χ3v) is 6.47. The topological polar surface area (TPSA) is 80.1 Å². The first-order valence-electron chi connectivity index (χ1n) is 12.1. The van der Waals surface area contributed by atoms with Crippen molar-refractivity contribution in [2.75, 3.05) is 13.1 Å². The molecule has 0 fully saturated rings. The lowest BCUT2D eigenvalue weighted by atomic mass is 10.0. The Labute approximate surface area is 196 Å². The van der Waals surface area contributed by atoms with Gasteiger partial charge in [0.1, 0.15) is 5.82 Å². The SMILES string of the molecule is Cc1cc(C)cc(C(=O)NC(CC(C)C)c2nnc3n2CCN(C(=O)C2=CCCC2)CC3)c1. The van der Waals surface area contributed by atoms with Crippen molar-refractivity contribution < 1.29 is 9.59 Å². The van der Waals surface area contributed by atoms with Crippen LogP contribution in [0.1, 0.15) is 78.7 Å². The molecule has 1 aromatic heterocycles. The van der Waals surface area contributed by atoms with Crippen LogP contribution in [0.4, 0.5) is 0 Å². The predicted octanol–water partition coefficient (Wildman–Crippen LogP) is 3.91. The minimum atomic E-state index is -0.237. The monoisotopic (exact) mass is 449 g/mol. The fourth-order valence-electron chi connectivity index (χ4n) is 4.92. The van der Waals surface area contributed by atoms with Crippen molar-refractivity contribution in [1.29, 1.82) is 0 Å². The van der Waals surface area contributed by atoms with E-state index in [2.05, 4.69) is 46.1 Å². The van der Waals surface area contributed by atoms with E-state index in [0.29, 0.717) is 37.5 Å². The van der Waals surface area contributed by atoms with Gasteiger partial charge in [-0.1, -0.05) is 37.1 Å². The Hall–Kier alpha value is -2.96. The standard InChI is InChI=1S/C26H35N5O2/c1-17(2)13-22(27-25(32)21-15-18(3)14-19(4)16-21)24-29-28-23-9-10-30(11-12-31(23)24)26(33)20-7-5-6-8-20/h7,14-17,22H,5-6,8-13H2,1-4H3,(H,27,32). The molecule has 2 heterocycles. The highest BCUT2D eigenvalue weighted by Crippen LogP contribution is 2.25. The van der Waals surface area contributed by atoms with E-state index in [0.717, 1.165) is 54.0 Å². The second kappa shape index (κ2) is 9.89. The second-order valence-electron chi connectivity index (χ2n) is 9.82. The number of carbonyl (C=O) groups excluding carboxylic acids is 2. The molecule has 0 saturated carbocycles. The number of nitrogens with one attached hydrogen (secondary N) is 1. The Morgan fingerprint density at radius 1 is 1.03 bits per heavy atom. The molecule has 33 heavy (non-hydrogen) atoms. The highest BCUT2D eigenvalue weighted by molar-refractivity contribution is 5.95. The van der Waals surface area contributed by atoms with E-state index >= 15 is 0 Å². The van der Waals surface area contributed by atoms with Crippen LogP contribution in [0.25, 0.3) is 0 Å². The summed E-state index contributed by atoms with van der Waals surface area (Å²) in [5.74, 6) is 2.11. The van der Waals surface area contributed by atoms with Crippen molar-refractivity contribution in [3.8, 4) is 0 Å². The summed E-state index contributed by atoms with van der Waals surface area (Å²) in [6, 6.07) is 5.66. The number of allylic oxidation sites excluding steroid dienone is 1. The van der Waals surface area contributed by atoms with Crippen LogP contribution < -0.4 is 5.32 Å². The van der Waals surface area contributed by atoms with Crippen molar-refractivity contribution in [3.63, 3.8) is 0 Å². The number of rotatable bonds is 6. The lowest BCUT2D eigenvalue weighted by Gasteiger charge is -2.23. The lowest BCUT2D eigenvalue weighted by molar-refractivity contribution is -0.127. The summed E-state index contributed by atoms with van der Waals surface area (Å²) in [5, 5.41) is 12.2. The first-order valence-corrected chi connectivity index (χ1v) is 12.1. The smallest absolute Gasteiger partial charge is 0.251 e. The van der Waals surface area contributed by atoms with Crippen molar-refractivity contribution in [2.45, 2.75) is 72.4 Å². The van der Waals surface area contributed by atoms with Crippen molar-refractivity contribution in [3.05, 3.63) is 58.2 Å². The van der Waals surface area contributed by atoms with Gasteiger partial charge in [-0.2, -0.15) is 0 Å². The molecule has 7 heteroatoms. The minimum absolute atomic E-state index is 0.0941. The summed E-state index contributed by atoms with van der Waals surface area (Å²) in [6.45, 7) is 10.2. The number of aromatic nitrogens is 3. The summed E-state index contributed by atoms with van der Waals surface area (Å²) in [6.07, 6.45) is 6.48. The molecule has 1 N–H and O–H groups in total. The molecule has 2 aromatic rings. The van der Waals surface area contributed by atoms with Crippen LogP contribution >= 0.6 is 0 Å². The third-order valence-electron chi connectivity index (χ3n) is 6.47. The lowest BCUT2D eigenvalue weighted by Crippen LogP contribution is -2.35. The van der Waals surface area contributed by atoms with Crippen molar-refractivity contribution in [1.82, 2.24) is 25.0 Å². The molecule has 0 bridgehead atoms. The maximum Gasteiger partial charge on any atom is 0.251 e. The molecule has 0 spiro atoms. The van der Waals surface area contributed by atoms with Gasteiger partial charge in [0.25, 0.3) is 5.91 Å². The van der Waals surface area contributed by atoms with E-state index in [1.165, 1.54) is 0 Å². The fourth-order valence-corrected chi connectivity index (χ4v) is 4.92. The number of amides is 2. The summed E-state index contributed by atoms with van der Waals surface area (Å²) in [7, 11) is 0. The van der Waals surface area contributed by atoms with Crippen molar-refractivity contribution >= 4 is 11.8 Å². The van der Waals surface area contributed by atoms with Crippen LogP contribution in [0, 0.1) is 19.8 Å². The summed E-state index contributed by atoms with van der Waals surface area (Å²) in [4.78, 5) is 28.0. The van der Waals surface area contributed by atoms with Gasteiger partial charge in [-0.05, 0) is 57.6 Å². The van der Waals surface area contributed by atoms with Crippen LogP contribution in [-0.4, -0.2) is 44.6 Å². The summed E-state index contributed by atoms with van der Waals surface area (Å²) >= 11 is 0. The first-order chi connectivity index (χ1) is 15.8. The quantitative estimate of drug-likeness (QED) is 0.725. The third kappa shape index (κ3) is 5.34. The average Bonchev–Trinajstić information content (AvgIpc) is 3.38. The normalized spacial score (nSPS) is 16.9. The number of aryl methyl sites for hydroxylation is 2. The van der Waals surface area contributed by atoms with Crippen LogP contribution in [0.5, 0.6) is 0 Å². The van der Waals surface area contributed by atoms with Crippen molar-refractivity contribution in [2.24, 2.45) is 5.92 Å². The van der Waals surface area contributed by atoms with Crippen LogP contribution in [0.2, 0.25) is 0 Å². The molecule has 7 nitrogen and oxygen atoms in total. The molecule has 1 aliphatic carbocycles. The maximum absolute atomic E-state index is 13.1. The molecule has 4 rings (SSSR count). The molecule has 0 saturated heterocycles. The molecule has 2 amide bonds. The molecule has 1 aromatic carbocycles. The van der Waals surface area contributed by atoms with Crippen LogP contribution in [0.15, 0.2) is 29.8 Å². The van der Waals surface area contributed by atoms with E-state index < -0.39 is 0 Å². The number of hydrogen-bond donors (Lipinski definition) is 1.